The summed E-state index contributed by atoms with van der Waals surface area (Å²) in [5.74, 6) is 0. The quantitative estimate of drug-likeness (QED) is 0.280. The average molecular weight is 467 g/mol. The first-order chi connectivity index (χ1) is 16.2. The van der Waals surface area contributed by atoms with Gasteiger partial charge in [-0.1, -0.05) is 128 Å². The molecule has 0 amide bonds. The highest BCUT2D eigenvalue weighted by molar-refractivity contribution is 7.04. The van der Waals surface area contributed by atoms with Gasteiger partial charge in [0.15, 0.2) is 0 Å². The van der Waals surface area contributed by atoms with E-state index in [0.29, 0.717) is 6.61 Å². The van der Waals surface area contributed by atoms with Crippen molar-refractivity contribution in [2.75, 3.05) is 6.61 Å². The van der Waals surface area contributed by atoms with Crippen molar-refractivity contribution in [1.29, 1.82) is 0 Å². The smallest absolute Gasteiger partial charge is 0.465 e. The zero-order valence-electron chi connectivity index (χ0n) is 18.6. The number of terminal acetylenes is 1. The molecule has 4 aromatic rings. The van der Waals surface area contributed by atoms with Crippen molar-refractivity contribution >= 4 is 37.9 Å². The summed E-state index contributed by atoms with van der Waals surface area (Å²) in [6.07, 6.45) is 8.29. The van der Waals surface area contributed by atoms with Gasteiger partial charge in [-0.2, -0.15) is 0 Å². The van der Waals surface area contributed by atoms with Crippen LogP contribution in [0.25, 0.3) is 0 Å². The van der Waals surface area contributed by atoms with Gasteiger partial charge in [0.2, 0.25) is 0 Å². The van der Waals surface area contributed by atoms with Crippen molar-refractivity contribution in [2.45, 2.75) is 6.92 Å². The highest BCUT2D eigenvalue weighted by Crippen LogP contribution is 2.19. The van der Waals surface area contributed by atoms with Crippen molar-refractivity contribution < 1.29 is 13.0 Å². The Labute approximate surface area is 198 Å². The van der Waals surface area contributed by atoms with Crippen molar-refractivity contribution in [3.63, 3.8) is 0 Å². The van der Waals surface area contributed by atoms with Crippen LogP contribution in [0, 0.1) is 12.5 Å². The maximum Gasteiger partial charge on any atom is 0.469 e. The maximum atomic E-state index is 7.34. The Bertz CT molecular complexity index is 1100. The van der Waals surface area contributed by atoms with E-state index >= 15 is 0 Å². The van der Waals surface area contributed by atoms with Gasteiger partial charge in [-0.15, -0.1) is 0 Å². The van der Waals surface area contributed by atoms with E-state index in [2.05, 4.69) is 30.4 Å². The molecule has 0 aromatic heterocycles. The van der Waals surface area contributed by atoms with E-state index in [4.69, 9.17) is 19.4 Å². The summed E-state index contributed by atoms with van der Waals surface area (Å²) in [6.45, 7) is 2.48. The molecule has 33 heavy (non-hydrogen) atoms. The van der Waals surface area contributed by atoms with Gasteiger partial charge in [-0.3, -0.25) is 0 Å². The molecule has 3 nitrogen and oxygen atoms in total. The van der Waals surface area contributed by atoms with Gasteiger partial charge in [0.1, 0.15) is 0 Å². The Kier molecular flexibility index (Phi) is 7.23. The fourth-order valence-corrected chi connectivity index (χ4v) is 12.3. The van der Waals surface area contributed by atoms with Gasteiger partial charge < -0.3 is 13.0 Å². The first-order valence-corrected chi connectivity index (χ1v) is 14.6. The van der Waals surface area contributed by atoms with Crippen LogP contribution >= 0.6 is 0 Å². The van der Waals surface area contributed by atoms with Crippen LogP contribution in [0.4, 0.5) is 0 Å². The lowest BCUT2D eigenvalue weighted by atomic mass is 10.4. The van der Waals surface area contributed by atoms with Crippen LogP contribution < -0.4 is 20.7 Å². The summed E-state index contributed by atoms with van der Waals surface area (Å²) in [5, 5.41) is 3.86. The molecular formula is C28H26O3Si2. The molecule has 0 spiro atoms. The lowest BCUT2D eigenvalue weighted by Gasteiger charge is -2.39. The molecule has 0 fully saturated rings. The first-order valence-electron chi connectivity index (χ1n) is 10.9. The Hall–Kier alpha value is -3.41. The number of rotatable bonds is 9. The lowest BCUT2D eigenvalue weighted by molar-refractivity contribution is 0.256. The molecule has 0 N–H and O–H groups in total. The lowest BCUT2D eigenvalue weighted by Crippen LogP contribution is -2.75. The average Bonchev–Trinajstić information content (AvgIpc) is 2.90. The number of hydrogen-bond donors (Lipinski definition) is 0. The van der Waals surface area contributed by atoms with E-state index in [1.165, 1.54) is 0 Å². The molecule has 0 saturated carbocycles. The molecule has 0 saturated heterocycles. The molecule has 0 bridgehead atoms. The van der Waals surface area contributed by atoms with Crippen LogP contribution in [0.1, 0.15) is 6.92 Å². The molecule has 0 aliphatic heterocycles. The fourth-order valence-electron chi connectivity index (χ4n) is 4.02. The normalized spacial score (nSPS) is 11.5. The van der Waals surface area contributed by atoms with E-state index < -0.39 is 17.1 Å². The van der Waals surface area contributed by atoms with E-state index in [0.717, 1.165) is 20.7 Å². The van der Waals surface area contributed by atoms with Crippen LogP contribution in [0.2, 0.25) is 0 Å². The highest BCUT2D eigenvalue weighted by Gasteiger charge is 2.55. The third-order valence-electron chi connectivity index (χ3n) is 5.45. The summed E-state index contributed by atoms with van der Waals surface area (Å²) in [4.78, 5) is 0. The maximum absolute atomic E-state index is 7.34. The zero-order valence-corrected chi connectivity index (χ0v) is 20.6. The second-order valence-corrected chi connectivity index (χ2v) is 13.5. The van der Waals surface area contributed by atoms with Crippen LogP contribution in [0.15, 0.2) is 121 Å². The SMILES string of the molecule is C#CO[Si](O[Si](OCC)(c1ccccc1)c1ccccc1)(c1ccccc1)c1ccccc1. The Morgan fingerprint density at radius 1 is 0.576 bits per heavy atom. The monoisotopic (exact) mass is 466 g/mol. The van der Waals surface area contributed by atoms with Crippen LogP contribution in [0.3, 0.4) is 0 Å². The molecule has 4 rings (SSSR count). The van der Waals surface area contributed by atoms with Crippen LogP contribution in [-0.2, 0) is 13.0 Å². The molecule has 0 aliphatic rings. The standard InChI is InChI=1S/C28H26O3Si2/c1-3-29-32(25-17-9-5-10-18-25,26-19-11-6-12-20-26)31-33(30-4-2,27-21-13-7-14-22-27)28-23-15-8-16-24-28/h1,5-24H,4H2,2H3. The van der Waals surface area contributed by atoms with Gasteiger partial charge in [0, 0.05) is 17.0 Å². The third-order valence-corrected chi connectivity index (χ3v) is 13.2. The second-order valence-electron chi connectivity index (χ2n) is 7.45. The van der Waals surface area contributed by atoms with Gasteiger partial charge in [-0.25, -0.2) is 0 Å². The molecule has 4 aromatic carbocycles. The summed E-state index contributed by atoms with van der Waals surface area (Å²) < 4.78 is 20.2. The Morgan fingerprint density at radius 3 is 1.21 bits per heavy atom. The minimum absolute atomic E-state index is 0.486. The number of benzene rings is 4. The van der Waals surface area contributed by atoms with E-state index in [1.54, 1.807) is 0 Å². The summed E-state index contributed by atoms with van der Waals surface area (Å²) in [7, 11) is -6.63. The van der Waals surface area contributed by atoms with Crippen LogP contribution in [-0.4, -0.2) is 23.7 Å². The highest BCUT2D eigenvalue weighted by atomic mass is 28.5. The van der Waals surface area contributed by atoms with Crippen molar-refractivity contribution in [3.05, 3.63) is 121 Å². The van der Waals surface area contributed by atoms with Gasteiger partial charge in [0.05, 0.1) is 6.11 Å². The Balaban J connectivity index is 2.02. The first kappa shape index (κ1) is 22.8. The van der Waals surface area contributed by atoms with Gasteiger partial charge in [0.25, 0.3) is 0 Å². The van der Waals surface area contributed by atoms with Crippen molar-refractivity contribution in [1.82, 2.24) is 0 Å². The minimum Gasteiger partial charge on any atom is -0.465 e. The molecule has 0 unspecified atom stereocenters. The van der Waals surface area contributed by atoms with Crippen molar-refractivity contribution in [2.24, 2.45) is 0 Å². The topological polar surface area (TPSA) is 27.7 Å². The predicted octanol–water partition coefficient (Wildman–Crippen LogP) is 3.16. The molecule has 5 heteroatoms. The predicted molar refractivity (Wildman–Crippen MR) is 138 cm³/mol. The summed E-state index contributed by atoms with van der Waals surface area (Å²) >= 11 is 0. The van der Waals surface area contributed by atoms with Gasteiger partial charge >= 0.3 is 17.1 Å². The third kappa shape index (κ3) is 4.56. The molecule has 164 valence electrons. The van der Waals surface area contributed by atoms with E-state index in [1.807, 2.05) is 104 Å². The zero-order chi connectivity index (χ0) is 23.0. The van der Waals surface area contributed by atoms with Gasteiger partial charge in [-0.05, 0) is 17.3 Å². The van der Waals surface area contributed by atoms with E-state index in [9.17, 15) is 0 Å². The Morgan fingerprint density at radius 2 is 0.909 bits per heavy atom. The molecule has 0 radical (unpaired) electrons. The molecule has 0 atom stereocenters. The second kappa shape index (κ2) is 10.5. The summed E-state index contributed by atoms with van der Waals surface area (Å²) in [6, 6.07) is 40.3. The largest absolute Gasteiger partial charge is 0.469 e. The molecule has 0 aliphatic carbocycles. The fraction of sp³-hybridized carbons (Fsp3) is 0.0714. The minimum atomic E-state index is -3.39. The van der Waals surface area contributed by atoms with Crippen LogP contribution in [0.5, 0.6) is 0 Å². The summed E-state index contributed by atoms with van der Waals surface area (Å²) in [5.41, 5.74) is 0. The number of hydrogen-bond acceptors (Lipinski definition) is 3. The molecular weight excluding hydrogens is 440 g/mol. The van der Waals surface area contributed by atoms with E-state index in [-0.39, 0.29) is 0 Å². The van der Waals surface area contributed by atoms with Crippen molar-refractivity contribution in [3.8, 4) is 12.5 Å². The molecule has 0 heterocycles.